The maximum atomic E-state index is 11.7. The first kappa shape index (κ1) is 18.6. The van der Waals surface area contributed by atoms with Crippen LogP contribution in [-0.2, 0) is 20.9 Å². The smallest absolute Gasteiger partial charge is 0.344 e. The summed E-state index contributed by atoms with van der Waals surface area (Å²) in [7, 11) is 1.50. The van der Waals surface area contributed by atoms with Gasteiger partial charge < -0.3 is 19.5 Å². The highest BCUT2D eigenvalue weighted by Crippen LogP contribution is 2.25. The van der Waals surface area contributed by atoms with Gasteiger partial charge in [0.25, 0.3) is 5.91 Å². The van der Waals surface area contributed by atoms with Crippen LogP contribution in [0, 0.1) is 0 Å². The van der Waals surface area contributed by atoms with Crippen LogP contribution in [-0.4, -0.2) is 32.2 Å². The molecular weight excluding hydrogens is 346 g/mol. The van der Waals surface area contributed by atoms with E-state index in [1.165, 1.54) is 7.11 Å². The Morgan fingerprint density at radius 1 is 1.00 bits per heavy atom. The van der Waals surface area contributed by atoms with Gasteiger partial charge in [-0.05, 0) is 23.8 Å². The largest absolute Gasteiger partial charge is 0.493 e. The minimum atomic E-state index is -0.654. The van der Waals surface area contributed by atoms with Crippen molar-refractivity contribution in [1.82, 2.24) is 5.32 Å². The maximum Gasteiger partial charge on any atom is 0.344 e. The summed E-state index contributed by atoms with van der Waals surface area (Å²) >= 11 is 6.00. The number of rotatable bonds is 8. The monoisotopic (exact) mass is 363 g/mol. The highest BCUT2D eigenvalue weighted by Gasteiger charge is 2.10. The number of ether oxygens (including phenoxy) is 3. The Labute approximate surface area is 150 Å². The molecule has 0 aliphatic rings. The molecule has 1 amide bonds. The number of esters is 1. The van der Waals surface area contributed by atoms with E-state index in [4.69, 9.17) is 25.8 Å². The first-order valence-corrected chi connectivity index (χ1v) is 7.89. The first-order valence-electron chi connectivity index (χ1n) is 7.51. The Morgan fingerprint density at radius 3 is 2.40 bits per heavy atom. The fraction of sp³-hybridized carbons (Fsp3) is 0.222. The molecule has 0 heterocycles. The summed E-state index contributed by atoms with van der Waals surface area (Å²) in [6.45, 7) is -0.454. The highest BCUT2D eigenvalue weighted by molar-refractivity contribution is 6.31. The lowest BCUT2D eigenvalue weighted by atomic mass is 10.2. The van der Waals surface area contributed by atoms with Gasteiger partial charge >= 0.3 is 5.97 Å². The maximum absolute atomic E-state index is 11.7. The van der Waals surface area contributed by atoms with E-state index in [-0.39, 0.29) is 13.2 Å². The fourth-order valence-electron chi connectivity index (χ4n) is 1.95. The molecule has 0 aromatic heterocycles. The Balaban J connectivity index is 1.71. The number of halogens is 1. The standard InChI is InChI=1S/C18H18ClNO5/c1-23-15-8-4-5-9-16(15)24-12-18(22)25-11-17(21)20-10-13-6-2-3-7-14(13)19/h2-9H,10-12H2,1H3,(H,20,21). The van der Waals surface area contributed by atoms with E-state index in [1.807, 2.05) is 6.07 Å². The van der Waals surface area contributed by atoms with Crippen LogP contribution in [0.5, 0.6) is 11.5 Å². The summed E-state index contributed by atoms with van der Waals surface area (Å²) in [5.74, 6) is -0.151. The summed E-state index contributed by atoms with van der Waals surface area (Å²) in [6, 6.07) is 14.1. The van der Waals surface area contributed by atoms with Crippen molar-refractivity contribution in [2.45, 2.75) is 6.54 Å². The number of hydrogen-bond acceptors (Lipinski definition) is 5. The second-order valence-corrected chi connectivity index (χ2v) is 5.38. The molecule has 0 saturated heterocycles. The van der Waals surface area contributed by atoms with Gasteiger partial charge in [0, 0.05) is 11.6 Å². The van der Waals surface area contributed by atoms with Crippen molar-refractivity contribution in [2.75, 3.05) is 20.3 Å². The Morgan fingerprint density at radius 2 is 1.68 bits per heavy atom. The van der Waals surface area contributed by atoms with Crippen LogP contribution in [0.3, 0.4) is 0 Å². The molecule has 2 aromatic carbocycles. The van der Waals surface area contributed by atoms with E-state index in [0.717, 1.165) is 5.56 Å². The van der Waals surface area contributed by atoms with Crippen LogP contribution >= 0.6 is 11.6 Å². The van der Waals surface area contributed by atoms with Gasteiger partial charge in [-0.15, -0.1) is 0 Å². The van der Waals surface area contributed by atoms with Crippen LogP contribution in [0.25, 0.3) is 0 Å². The Bertz CT molecular complexity index is 735. The molecule has 132 valence electrons. The van der Waals surface area contributed by atoms with Crippen LogP contribution in [0.1, 0.15) is 5.56 Å². The van der Waals surface area contributed by atoms with Crippen molar-refractivity contribution in [3.8, 4) is 11.5 Å². The zero-order valence-corrected chi connectivity index (χ0v) is 14.4. The van der Waals surface area contributed by atoms with Crippen molar-refractivity contribution in [2.24, 2.45) is 0 Å². The minimum Gasteiger partial charge on any atom is -0.493 e. The quantitative estimate of drug-likeness (QED) is 0.730. The van der Waals surface area contributed by atoms with E-state index in [2.05, 4.69) is 5.32 Å². The number of benzene rings is 2. The van der Waals surface area contributed by atoms with Gasteiger partial charge in [-0.25, -0.2) is 4.79 Å². The van der Waals surface area contributed by atoms with Gasteiger partial charge in [-0.1, -0.05) is 41.9 Å². The average Bonchev–Trinajstić information content (AvgIpc) is 2.64. The molecule has 1 N–H and O–H groups in total. The van der Waals surface area contributed by atoms with Crippen molar-refractivity contribution in [3.05, 3.63) is 59.1 Å². The molecule has 2 aromatic rings. The SMILES string of the molecule is COc1ccccc1OCC(=O)OCC(=O)NCc1ccccc1Cl. The summed E-state index contributed by atoms with van der Waals surface area (Å²) < 4.78 is 15.3. The van der Waals surface area contributed by atoms with Crippen molar-refractivity contribution < 1.29 is 23.8 Å². The van der Waals surface area contributed by atoms with Gasteiger partial charge in [-0.3, -0.25) is 4.79 Å². The highest BCUT2D eigenvalue weighted by atomic mass is 35.5. The molecule has 25 heavy (non-hydrogen) atoms. The molecule has 0 spiro atoms. The van der Waals surface area contributed by atoms with Gasteiger partial charge in [0.2, 0.25) is 0 Å². The number of para-hydroxylation sites is 2. The van der Waals surface area contributed by atoms with Crippen molar-refractivity contribution in [3.63, 3.8) is 0 Å². The van der Waals surface area contributed by atoms with E-state index in [0.29, 0.717) is 16.5 Å². The summed E-state index contributed by atoms with van der Waals surface area (Å²) in [4.78, 5) is 23.4. The topological polar surface area (TPSA) is 73.9 Å². The number of hydrogen-bond donors (Lipinski definition) is 1. The molecule has 0 bridgehead atoms. The molecule has 2 rings (SSSR count). The number of methoxy groups -OCH3 is 1. The predicted molar refractivity (Wildman–Crippen MR) is 92.7 cm³/mol. The van der Waals surface area contributed by atoms with E-state index >= 15 is 0 Å². The molecule has 6 nitrogen and oxygen atoms in total. The van der Waals surface area contributed by atoms with Crippen molar-refractivity contribution in [1.29, 1.82) is 0 Å². The third kappa shape index (κ3) is 6.00. The lowest BCUT2D eigenvalue weighted by Crippen LogP contribution is -2.29. The normalized spacial score (nSPS) is 10.0. The van der Waals surface area contributed by atoms with Gasteiger partial charge in [0.1, 0.15) is 0 Å². The molecule has 0 aliphatic heterocycles. The van der Waals surface area contributed by atoms with Gasteiger partial charge in [0.05, 0.1) is 7.11 Å². The number of carbonyl (C=O) groups is 2. The molecule has 0 unspecified atom stereocenters. The Kier molecular flexibility index (Phi) is 7.10. The van der Waals surface area contributed by atoms with E-state index in [9.17, 15) is 9.59 Å². The number of carbonyl (C=O) groups excluding carboxylic acids is 2. The molecule has 0 radical (unpaired) electrons. The van der Waals surface area contributed by atoms with E-state index in [1.54, 1.807) is 42.5 Å². The van der Waals surface area contributed by atoms with Crippen LogP contribution in [0.15, 0.2) is 48.5 Å². The molecule has 7 heteroatoms. The lowest BCUT2D eigenvalue weighted by Gasteiger charge is -2.10. The fourth-order valence-corrected chi connectivity index (χ4v) is 2.15. The molecule has 0 atom stereocenters. The summed E-state index contributed by atoms with van der Waals surface area (Å²) in [6.07, 6.45) is 0. The zero-order valence-electron chi connectivity index (χ0n) is 13.7. The predicted octanol–water partition coefficient (Wildman–Crippen LogP) is 2.59. The molecular formula is C18H18ClNO5. The Hall–Kier alpha value is -2.73. The average molecular weight is 364 g/mol. The van der Waals surface area contributed by atoms with Gasteiger partial charge in [0.15, 0.2) is 24.7 Å². The third-order valence-corrected chi connectivity index (χ3v) is 3.58. The third-order valence-electron chi connectivity index (χ3n) is 3.21. The van der Waals surface area contributed by atoms with Crippen LogP contribution < -0.4 is 14.8 Å². The number of amides is 1. The summed E-state index contributed by atoms with van der Waals surface area (Å²) in [5.41, 5.74) is 0.781. The lowest BCUT2D eigenvalue weighted by molar-refractivity contribution is -0.150. The zero-order chi connectivity index (χ0) is 18.1. The second kappa shape index (κ2) is 9.54. The second-order valence-electron chi connectivity index (χ2n) is 4.97. The summed E-state index contributed by atoms with van der Waals surface area (Å²) in [5, 5.41) is 3.19. The van der Waals surface area contributed by atoms with E-state index < -0.39 is 18.5 Å². The molecule has 0 aliphatic carbocycles. The number of nitrogens with one attached hydrogen (secondary N) is 1. The van der Waals surface area contributed by atoms with Crippen LogP contribution in [0.4, 0.5) is 0 Å². The molecule has 0 saturated carbocycles. The van der Waals surface area contributed by atoms with Crippen LogP contribution in [0.2, 0.25) is 5.02 Å². The van der Waals surface area contributed by atoms with Gasteiger partial charge in [-0.2, -0.15) is 0 Å². The molecule has 0 fully saturated rings. The van der Waals surface area contributed by atoms with Crippen molar-refractivity contribution >= 4 is 23.5 Å². The minimum absolute atomic E-state index is 0.258. The first-order chi connectivity index (χ1) is 12.1.